The summed E-state index contributed by atoms with van der Waals surface area (Å²) in [5.41, 5.74) is 3.65. The van der Waals surface area contributed by atoms with Gasteiger partial charge in [0.1, 0.15) is 0 Å². The fourth-order valence-corrected chi connectivity index (χ4v) is 3.64. The van der Waals surface area contributed by atoms with Crippen molar-refractivity contribution >= 4 is 16.9 Å². The Kier molecular flexibility index (Phi) is 3.16. The number of nitrogens with zero attached hydrogens (tertiary/aromatic N) is 2. The third-order valence-electron chi connectivity index (χ3n) is 5.01. The normalized spacial score (nSPS) is 18.9. The molecule has 1 amide bonds. The molecule has 2 aliphatic rings. The average Bonchev–Trinajstić information content (AvgIpc) is 3.39. The van der Waals surface area contributed by atoms with Crippen molar-refractivity contribution in [3.63, 3.8) is 0 Å². The van der Waals surface area contributed by atoms with E-state index in [1.54, 1.807) is 6.33 Å². The van der Waals surface area contributed by atoms with Crippen molar-refractivity contribution in [2.24, 2.45) is 0 Å². The van der Waals surface area contributed by atoms with E-state index in [1.165, 1.54) is 5.56 Å². The van der Waals surface area contributed by atoms with Crippen molar-refractivity contribution in [2.45, 2.75) is 12.3 Å². The van der Waals surface area contributed by atoms with Crippen LogP contribution < -0.4 is 9.47 Å². The van der Waals surface area contributed by atoms with E-state index < -0.39 is 0 Å². The van der Waals surface area contributed by atoms with Crippen molar-refractivity contribution in [1.29, 1.82) is 0 Å². The number of imidazole rings is 1. The topological polar surface area (TPSA) is 67.5 Å². The summed E-state index contributed by atoms with van der Waals surface area (Å²) in [6, 6.07) is 11.7. The van der Waals surface area contributed by atoms with Crippen LogP contribution in [-0.2, 0) is 0 Å². The number of nitrogens with one attached hydrogen (secondary N) is 1. The summed E-state index contributed by atoms with van der Waals surface area (Å²) < 4.78 is 10.8. The van der Waals surface area contributed by atoms with E-state index >= 15 is 0 Å². The largest absolute Gasteiger partial charge is 0.454 e. The van der Waals surface area contributed by atoms with Crippen LogP contribution in [0.3, 0.4) is 0 Å². The average molecular weight is 335 g/mol. The first-order valence-corrected chi connectivity index (χ1v) is 8.40. The molecule has 0 bridgehead atoms. The predicted molar refractivity (Wildman–Crippen MR) is 91.9 cm³/mol. The Balaban J connectivity index is 1.35. The molecule has 3 heterocycles. The van der Waals surface area contributed by atoms with Crippen LogP contribution in [0.15, 0.2) is 42.7 Å². The molecule has 1 atom stereocenters. The molecular formula is C19H17N3O3. The number of aromatic amines is 1. The lowest BCUT2D eigenvalue weighted by molar-refractivity contribution is 0.0791. The minimum Gasteiger partial charge on any atom is -0.454 e. The number of hydrogen-bond acceptors (Lipinski definition) is 4. The molecule has 1 aromatic heterocycles. The third kappa shape index (κ3) is 2.41. The van der Waals surface area contributed by atoms with E-state index in [2.05, 4.69) is 16.0 Å². The number of aromatic nitrogens is 2. The maximum absolute atomic E-state index is 12.8. The van der Waals surface area contributed by atoms with Crippen LogP contribution in [0.4, 0.5) is 0 Å². The standard InChI is InChI=1S/C19H17N3O3/c23-19(13-1-3-15-16(7-13)21-10-20-15)22-6-5-14(9-22)12-2-4-17-18(8-12)25-11-24-17/h1-4,7-8,10,14H,5-6,9,11H2,(H,20,21). The Morgan fingerprint density at radius 1 is 1.16 bits per heavy atom. The van der Waals surface area contributed by atoms with Crippen LogP contribution in [-0.4, -0.2) is 40.7 Å². The molecule has 1 N–H and O–H groups in total. The molecule has 6 nitrogen and oxygen atoms in total. The molecule has 126 valence electrons. The van der Waals surface area contributed by atoms with Gasteiger partial charge in [-0.1, -0.05) is 6.07 Å². The molecule has 2 aromatic carbocycles. The number of H-pyrrole nitrogens is 1. The van der Waals surface area contributed by atoms with Gasteiger partial charge < -0.3 is 19.4 Å². The highest BCUT2D eigenvalue weighted by Crippen LogP contribution is 2.37. The number of ether oxygens (including phenoxy) is 2. The van der Waals surface area contributed by atoms with Crippen LogP contribution in [0.5, 0.6) is 11.5 Å². The van der Waals surface area contributed by atoms with Gasteiger partial charge in [0.25, 0.3) is 5.91 Å². The van der Waals surface area contributed by atoms with Crippen molar-refractivity contribution in [3.05, 3.63) is 53.9 Å². The number of carbonyl (C=O) groups is 1. The number of fused-ring (bicyclic) bond motifs is 2. The molecule has 0 spiro atoms. The fourth-order valence-electron chi connectivity index (χ4n) is 3.64. The monoisotopic (exact) mass is 335 g/mol. The van der Waals surface area contributed by atoms with Crippen LogP contribution >= 0.6 is 0 Å². The number of likely N-dealkylation sites (tertiary alicyclic amines) is 1. The zero-order valence-electron chi connectivity index (χ0n) is 13.6. The second-order valence-corrected chi connectivity index (χ2v) is 6.48. The summed E-state index contributed by atoms with van der Waals surface area (Å²) >= 11 is 0. The van der Waals surface area contributed by atoms with E-state index in [-0.39, 0.29) is 12.7 Å². The molecule has 3 aromatic rings. The first-order chi connectivity index (χ1) is 12.3. The van der Waals surface area contributed by atoms with Crippen LogP contribution in [0.25, 0.3) is 11.0 Å². The summed E-state index contributed by atoms with van der Waals surface area (Å²) in [7, 11) is 0. The maximum atomic E-state index is 12.8. The zero-order valence-corrected chi connectivity index (χ0v) is 13.6. The number of benzene rings is 2. The molecule has 0 aliphatic carbocycles. The van der Waals surface area contributed by atoms with Gasteiger partial charge in [0, 0.05) is 24.6 Å². The molecule has 0 saturated carbocycles. The Morgan fingerprint density at radius 2 is 2.08 bits per heavy atom. The first-order valence-electron chi connectivity index (χ1n) is 8.40. The van der Waals surface area contributed by atoms with Crippen LogP contribution in [0, 0.1) is 0 Å². The highest BCUT2D eigenvalue weighted by atomic mass is 16.7. The Hall–Kier alpha value is -3.02. The van der Waals surface area contributed by atoms with Gasteiger partial charge >= 0.3 is 0 Å². The third-order valence-corrected chi connectivity index (χ3v) is 5.01. The summed E-state index contributed by atoms with van der Waals surface area (Å²) in [5, 5.41) is 0. The first kappa shape index (κ1) is 14.3. The van der Waals surface area contributed by atoms with Gasteiger partial charge in [0.15, 0.2) is 11.5 Å². The highest BCUT2D eigenvalue weighted by molar-refractivity contribution is 5.97. The minimum atomic E-state index is 0.0692. The van der Waals surface area contributed by atoms with Crippen molar-refractivity contribution in [1.82, 2.24) is 14.9 Å². The number of rotatable bonds is 2. The molecule has 25 heavy (non-hydrogen) atoms. The van der Waals surface area contributed by atoms with E-state index in [0.29, 0.717) is 11.5 Å². The van der Waals surface area contributed by atoms with Gasteiger partial charge in [-0.2, -0.15) is 0 Å². The quantitative estimate of drug-likeness (QED) is 0.782. The van der Waals surface area contributed by atoms with Gasteiger partial charge in [-0.3, -0.25) is 4.79 Å². The smallest absolute Gasteiger partial charge is 0.253 e. The Bertz CT molecular complexity index is 965. The lowest BCUT2D eigenvalue weighted by atomic mass is 9.98. The maximum Gasteiger partial charge on any atom is 0.253 e. The SMILES string of the molecule is O=C(c1ccc2nc[nH]c2c1)N1CCC(c2ccc3c(c2)OCO3)C1. The molecule has 0 radical (unpaired) electrons. The molecule has 1 saturated heterocycles. The van der Waals surface area contributed by atoms with Gasteiger partial charge in [-0.15, -0.1) is 0 Å². The summed E-state index contributed by atoms with van der Waals surface area (Å²) in [4.78, 5) is 22.0. The van der Waals surface area contributed by atoms with Crippen LogP contribution in [0.1, 0.15) is 28.3 Å². The van der Waals surface area contributed by atoms with E-state index in [4.69, 9.17) is 9.47 Å². The lowest BCUT2D eigenvalue weighted by Crippen LogP contribution is -2.28. The molecule has 5 rings (SSSR count). The van der Waals surface area contributed by atoms with E-state index in [1.807, 2.05) is 35.2 Å². The number of carbonyl (C=O) groups excluding carboxylic acids is 1. The van der Waals surface area contributed by atoms with Crippen molar-refractivity contribution in [3.8, 4) is 11.5 Å². The number of hydrogen-bond donors (Lipinski definition) is 1. The summed E-state index contributed by atoms with van der Waals surface area (Å²) in [6.07, 6.45) is 2.60. The van der Waals surface area contributed by atoms with Gasteiger partial charge in [0.2, 0.25) is 6.79 Å². The Morgan fingerprint density at radius 3 is 3.04 bits per heavy atom. The minimum absolute atomic E-state index is 0.0692. The van der Waals surface area contributed by atoms with Crippen LogP contribution in [0.2, 0.25) is 0 Å². The van der Waals surface area contributed by atoms with Crippen molar-refractivity contribution in [2.75, 3.05) is 19.9 Å². The lowest BCUT2D eigenvalue weighted by Gasteiger charge is -2.17. The summed E-state index contributed by atoms with van der Waals surface area (Å²) in [6.45, 7) is 1.77. The molecule has 2 aliphatic heterocycles. The van der Waals surface area contributed by atoms with E-state index in [9.17, 15) is 4.79 Å². The molecule has 6 heteroatoms. The van der Waals surface area contributed by atoms with Gasteiger partial charge in [-0.25, -0.2) is 4.98 Å². The molecule has 1 fully saturated rings. The fraction of sp³-hybridized carbons (Fsp3) is 0.263. The summed E-state index contributed by atoms with van der Waals surface area (Å²) in [5.74, 6) is 1.99. The predicted octanol–water partition coefficient (Wildman–Crippen LogP) is 2.92. The second kappa shape index (κ2) is 5.51. The van der Waals surface area contributed by atoms with Crippen molar-refractivity contribution < 1.29 is 14.3 Å². The van der Waals surface area contributed by atoms with Gasteiger partial charge in [-0.05, 0) is 42.3 Å². The highest BCUT2D eigenvalue weighted by Gasteiger charge is 2.29. The second-order valence-electron chi connectivity index (χ2n) is 6.48. The van der Waals surface area contributed by atoms with Gasteiger partial charge in [0.05, 0.1) is 17.4 Å². The molecular weight excluding hydrogens is 318 g/mol. The Labute approximate surface area is 144 Å². The number of amides is 1. The zero-order chi connectivity index (χ0) is 16.8. The molecule has 1 unspecified atom stereocenters. The van der Waals surface area contributed by atoms with E-state index in [0.717, 1.165) is 42.0 Å².